The SMILES string of the molecule is CC(C)CCCCCCCCCc1[c]cccc1CCCCCCCCCC(C)C. The lowest BCUT2D eigenvalue weighted by Crippen LogP contribution is -1.96. The van der Waals surface area contributed by atoms with Crippen molar-refractivity contribution in [3.8, 4) is 0 Å². The molecule has 0 saturated carbocycles. The van der Waals surface area contributed by atoms with Crippen LogP contribution in [-0.4, -0.2) is 0 Å². The molecule has 0 N–H and O–H groups in total. The lowest BCUT2D eigenvalue weighted by atomic mass is 9.96. The van der Waals surface area contributed by atoms with Gasteiger partial charge in [-0.05, 0) is 54.7 Å². The highest BCUT2D eigenvalue weighted by molar-refractivity contribution is 5.26. The Bertz CT molecular complexity index is 440. The Kier molecular flexibility index (Phi) is 17.2. The van der Waals surface area contributed by atoms with Crippen LogP contribution in [0.25, 0.3) is 0 Å². The Balaban J connectivity index is 2.05. The van der Waals surface area contributed by atoms with Gasteiger partial charge in [-0.3, -0.25) is 0 Å². The van der Waals surface area contributed by atoms with Crippen LogP contribution in [0.4, 0.5) is 0 Å². The molecule has 0 aliphatic rings. The average molecular weight is 414 g/mol. The molecule has 0 heterocycles. The summed E-state index contributed by atoms with van der Waals surface area (Å²) in [7, 11) is 0. The van der Waals surface area contributed by atoms with Gasteiger partial charge in [0.15, 0.2) is 0 Å². The summed E-state index contributed by atoms with van der Waals surface area (Å²) in [6, 6.07) is 10.2. The number of unbranched alkanes of at least 4 members (excludes halogenated alkanes) is 12. The third-order valence-electron chi connectivity index (χ3n) is 6.47. The van der Waals surface area contributed by atoms with E-state index in [1.165, 1.54) is 121 Å². The summed E-state index contributed by atoms with van der Waals surface area (Å²) in [6.07, 6.45) is 25.1. The summed E-state index contributed by atoms with van der Waals surface area (Å²) < 4.78 is 0. The molecule has 0 aliphatic heterocycles. The molecule has 0 atom stereocenters. The zero-order valence-corrected chi connectivity index (χ0v) is 21.1. The molecule has 0 bridgehead atoms. The van der Waals surface area contributed by atoms with E-state index in [1.54, 1.807) is 5.56 Å². The van der Waals surface area contributed by atoms with E-state index in [1.807, 2.05) is 0 Å². The summed E-state index contributed by atoms with van der Waals surface area (Å²) in [5, 5.41) is 0. The highest BCUT2D eigenvalue weighted by atomic mass is 14.1. The Morgan fingerprint density at radius 3 is 1.50 bits per heavy atom. The van der Waals surface area contributed by atoms with Crippen LogP contribution < -0.4 is 0 Å². The molecule has 30 heavy (non-hydrogen) atoms. The van der Waals surface area contributed by atoms with Gasteiger partial charge in [-0.2, -0.15) is 0 Å². The third kappa shape index (κ3) is 16.0. The second kappa shape index (κ2) is 18.9. The van der Waals surface area contributed by atoms with Crippen LogP contribution in [0.5, 0.6) is 0 Å². The van der Waals surface area contributed by atoms with Gasteiger partial charge in [0.25, 0.3) is 0 Å². The van der Waals surface area contributed by atoms with Crippen LogP contribution in [0.3, 0.4) is 0 Å². The van der Waals surface area contributed by atoms with Gasteiger partial charge in [-0.1, -0.05) is 136 Å². The van der Waals surface area contributed by atoms with Crippen LogP contribution in [0.2, 0.25) is 0 Å². The van der Waals surface area contributed by atoms with Crippen LogP contribution in [-0.2, 0) is 12.8 Å². The molecule has 0 saturated heterocycles. The summed E-state index contributed by atoms with van der Waals surface area (Å²) in [5.41, 5.74) is 3.08. The summed E-state index contributed by atoms with van der Waals surface area (Å²) in [4.78, 5) is 0. The van der Waals surface area contributed by atoms with Crippen LogP contribution in [0, 0.1) is 17.9 Å². The van der Waals surface area contributed by atoms with Crippen LogP contribution in [0.1, 0.15) is 142 Å². The van der Waals surface area contributed by atoms with Crippen molar-refractivity contribution >= 4 is 0 Å². The third-order valence-corrected chi connectivity index (χ3v) is 6.47. The molecule has 173 valence electrons. The van der Waals surface area contributed by atoms with Gasteiger partial charge >= 0.3 is 0 Å². The molecule has 0 heteroatoms. The Labute approximate surface area is 190 Å². The molecule has 0 spiro atoms. The number of hydrogen-bond donors (Lipinski definition) is 0. The standard InChI is InChI=1S/C30H53/c1-27(2)21-15-11-7-5-9-13-17-23-29-25-19-20-26-30(29)24-18-14-10-6-8-12-16-22-28(3)4/h19-20,25,27-28H,5-18,21-24H2,1-4H3. The molecular formula is C30H53. The normalized spacial score (nSPS) is 11.7. The lowest BCUT2D eigenvalue weighted by Gasteiger charge is -2.09. The molecule has 0 aromatic heterocycles. The van der Waals surface area contributed by atoms with Gasteiger partial charge in [-0.15, -0.1) is 0 Å². The van der Waals surface area contributed by atoms with Crippen molar-refractivity contribution < 1.29 is 0 Å². The minimum absolute atomic E-state index is 0.876. The zero-order valence-electron chi connectivity index (χ0n) is 21.1. The van der Waals surface area contributed by atoms with Gasteiger partial charge in [-0.25, -0.2) is 0 Å². The van der Waals surface area contributed by atoms with Crippen molar-refractivity contribution in [3.05, 3.63) is 35.4 Å². The maximum atomic E-state index is 3.55. The second-order valence-electron chi connectivity index (χ2n) is 10.5. The lowest BCUT2D eigenvalue weighted by molar-refractivity contribution is 0.508. The van der Waals surface area contributed by atoms with Gasteiger partial charge in [0.1, 0.15) is 0 Å². The monoisotopic (exact) mass is 413 g/mol. The largest absolute Gasteiger partial charge is 0.0628 e. The van der Waals surface area contributed by atoms with Crippen molar-refractivity contribution in [1.29, 1.82) is 0 Å². The van der Waals surface area contributed by atoms with Crippen molar-refractivity contribution in [2.45, 2.75) is 143 Å². The molecule has 1 aromatic carbocycles. The quantitative estimate of drug-likeness (QED) is 0.186. The topological polar surface area (TPSA) is 0 Å². The smallest absolute Gasteiger partial charge is 0.0146 e. The van der Waals surface area contributed by atoms with E-state index in [9.17, 15) is 0 Å². The van der Waals surface area contributed by atoms with Crippen LogP contribution in [0.15, 0.2) is 18.2 Å². The summed E-state index contributed by atoms with van der Waals surface area (Å²) in [6.45, 7) is 9.35. The van der Waals surface area contributed by atoms with E-state index < -0.39 is 0 Å². The predicted molar refractivity (Wildman–Crippen MR) is 136 cm³/mol. The summed E-state index contributed by atoms with van der Waals surface area (Å²) in [5.74, 6) is 1.75. The molecule has 0 amide bonds. The second-order valence-corrected chi connectivity index (χ2v) is 10.5. The fraction of sp³-hybridized carbons (Fsp3) is 0.800. The van der Waals surface area contributed by atoms with Crippen LogP contribution >= 0.6 is 0 Å². The number of aryl methyl sites for hydroxylation is 2. The van der Waals surface area contributed by atoms with E-state index in [0.29, 0.717) is 0 Å². The fourth-order valence-electron chi connectivity index (χ4n) is 4.46. The van der Waals surface area contributed by atoms with Crippen molar-refractivity contribution in [1.82, 2.24) is 0 Å². The maximum absolute atomic E-state index is 3.55. The number of benzene rings is 1. The molecule has 0 nitrogen and oxygen atoms in total. The molecule has 1 radical (unpaired) electrons. The van der Waals surface area contributed by atoms with Gasteiger partial charge in [0.05, 0.1) is 0 Å². The minimum Gasteiger partial charge on any atom is -0.0628 e. The van der Waals surface area contributed by atoms with E-state index >= 15 is 0 Å². The van der Waals surface area contributed by atoms with E-state index in [4.69, 9.17) is 0 Å². The number of rotatable bonds is 20. The first-order valence-corrected chi connectivity index (χ1v) is 13.6. The van der Waals surface area contributed by atoms with Gasteiger partial charge in [0.2, 0.25) is 0 Å². The van der Waals surface area contributed by atoms with E-state index in [-0.39, 0.29) is 0 Å². The molecule has 0 fully saturated rings. The Morgan fingerprint density at radius 1 is 0.567 bits per heavy atom. The molecule has 0 aliphatic carbocycles. The highest BCUT2D eigenvalue weighted by Gasteiger charge is 2.03. The van der Waals surface area contributed by atoms with Gasteiger partial charge in [0, 0.05) is 0 Å². The zero-order chi connectivity index (χ0) is 21.9. The molecule has 1 rings (SSSR count). The van der Waals surface area contributed by atoms with E-state index in [2.05, 4.69) is 52.0 Å². The molecule has 1 aromatic rings. The Hall–Kier alpha value is -0.780. The first-order valence-electron chi connectivity index (χ1n) is 13.6. The average Bonchev–Trinajstić information content (AvgIpc) is 2.71. The maximum Gasteiger partial charge on any atom is -0.0146 e. The van der Waals surface area contributed by atoms with Crippen molar-refractivity contribution in [2.75, 3.05) is 0 Å². The van der Waals surface area contributed by atoms with E-state index in [0.717, 1.165) is 11.8 Å². The Morgan fingerprint density at radius 2 is 1.00 bits per heavy atom. The van der Waals surface area contributed by atoms with Crippen molar-refractivity contribution in [3.63, 3.8) is 0 Å². The van der Waals surface area contributed by atoms with Gasteiger partial charge < -0.3 is 0 Å². The van der Waals surface area contributed by atoms with Crippen molar-refractivity contribution in [2.24, 2.45) is 11.8 Å². The first kappa shape index (κ1) is 27.3. The predicted octanol–water partition coefficient (Wildman–Crippen LogP) is 10.1. The fourth-order valence-corrected chi connectivity index (χ4v) is 4.46. The summed E-state index contributed by atoms with van der Waals surface area (Å²) >= 11 is 0. The minimum atomic E-state index is 0.876. The molecule has 0 unspecified atom stereocenters. The number of hydrogen-bond acceptors (Lipinski definition) is 0. The molecular weight excluding hydrogens is 360 g/mol. The highest BCUT2D eigenvalue weighted by Crippen LogP contribution is 2.18. The first-order chi connectivity index (χ1) is 14.6.